The molecule has 0 aliphatic carbocycles. The van der Waals surface area contributed by atoms with Crippen LogP contribution in [0.1, 0.15) is 110 Å². The molecule has 2 atom stereocenters. The number of nitrogens with zero attached hydrogens (tertiary/aromatic N) is 4. The number of hydrogen-bond donors (Lipinski definition) is 4. The predicted octanol–water partition coefficient (Wildman–Crippen LogP) is 8.88. The number of carbonyl (C=O) groups is 2. The highest BCUT2D eigenvalue weighted by atomic mass is 16.4. The highest BCUT2D eigenvalue weighted by molar-refractivity contribution is 6.35. The summed E-state index contributed by atoms with van der Waals surface area (Å²) in [4.78, 5) is 44.1. The van der Waals surface area contributed by atoms with Gasteiger partial charge in [0.2, 0.25) is 0 Å². The fourth-order valence-electron chi connectivity index (χ4n) is 7.66. The van der Waals surface area contributed by atoms with E-state index in [2.05, 4.69) is 13.8 Å². The van der Waals surface area contributed by atoms with Crippen molar-refractivity contribution in [2.75, 3.05) is 0 Å². The summed E-state index contributed by atoms with van der Waals surface area (Å²) in [7, 11) is 0. The molecule has 10 nitrogen and oxygen atoms in total. The number of aromatic carboxylic acids is 2. The fraction of sp³-hybridized carbons (Fsp3) is 0.304. The van der Waals surface area contributed by atoms with Gasteiger partial charge in [0.25, 0.3) is 0 Å². The molecule has 0 saturated carbocycles. The molecule has 2 unspecified atom stereocenters. The summed E-state index contributed by atoms with van der Waals surface area (Å²) in [5.74, 6) is -2.10. The first-order valence-electron chi connectivity index (χ1n) is 19.6. The number of benzene rings is 2. The number of unbranched alkanes of at least 4 members (excludes halogenated alkanes) is 6. The molecular formula is C46H46N4O6. The Kier molecular flexibility index (Phi) is 11.6. The molecular weight excluding hydrogens is 705 g/mol. The van der Waals surface area contributed by atoms with E-state index in [0.29, 0.717) is 57.2 Å². The number of rotatable bonds is 14. The van der Waals surface area contributed by atoms with E-state index in [1.54, 1.807) is 36.4 Å². The average Bonchev–Trinajstić information content (AvgIpc) is 4.03. The van der Waals surface area contributed by atoms with Crippen LogP contribution >= 0.6 is 0 Å². The Balaban J connectivity index is 1.50. The van der Waals surface area contributed by atoms with Gasteiger partial charge in [-0.3, -0.25) is 4.99 Å². The number of aliphatic imine (C=N–C) groups is 4. The third-order valence-electron chi connectivity index (χ3n) is 10.7. The second kappa shape index (κ2) is 16.9. The maximum Gasteiger partial charge on any atom is 0.335 e. The van der Waals surface area contributed by atoms with E-state index in [-0.39, 0.29) is 16.8 Å². The molecule has 5 aliphatic heterocycles. The Hall–Kier alpha value is -5.84. The molecule has 286 valence electrons. The van der Waals surface area contributed by atoms with Gasteiger partial charge in [-0.15, -0.1) is 0 Å². The van der Waals surface area contributed by atoms with Gasteiger partial charge in [0.15, 0.2) is 0 Å². The first-order valence-corrected chi connectivity index (χ1v) is 19.6. The summed E-state index contributed by atoms with van der Waals surface area (Å²) in [5.41, 5.74) is 8.95. The zero-order chi connectivity index (χ0) is 39.3. The lowest BCUT2D eigenvalue weighted by Crippen LogP contribution is -2.30. The standard InChI is InChI=1S/C46H46N4O6/c1-3-5-7-9-11-31-33-21-22-35(47-33)32(12-10-8-6-4-2)41-43(51)44(52)42(50-41)40(28-15-19-30(20-16-28)46(55)56)38-26-25-37(49-38)39(36-24-23-34(31)48-36)27-13-17-29(18-14-27)45(53)54/h13-26,43-44,51-52H,3-12H2,1-2H3,(H,53,54)(H,55,56). The summed E-state index contributed by atoms with van der Waals surface area (Å²) in [6, 6.07) is 12.9. The summed E-state index contributed by atoms with van der Waals surface area (Å²) >= 11 is 0. The molecule has 2 aromatic rings. The largest absolute Gasteiger partial charge is 0.478 e. The Morgan fingerprint density at radius 2 is 0.982 bits per heavy atom. The summed E-state index contributed by atoms with van der Waals surface area (Å²) in [6.45, 7) is 4.35. The first kappa shape index (κ1) is 38.4. The normalized spacial score (nSPS) is 20.0. The Labute approximate surface area is 326 Å². The third kappa shape index (κ3) is 7.80. The molecule has 8 bridgehead atoms. The molecule has 0 saturated heterocycles. The fourth-order valence-corrected chi connectivity index (χ4v) is 7.66. The zero-order valence-corrected chi connectivity index (χ0v) is 31.7. The first-order chi connectivity index (χ1) is 27.2. The van der Waals surface area contributed by atoms with E-state index < -0.39 is 24.1 Å². The number of carboxylic acid groups (broad SMARTS) is 2. The number of carboxylic acids is 2. The highest BCUT2D eigenvalue weighted by Gasteiger charge is 2.39. The van der Waals surface area contributed by atoms with Gasteiger partial charge in [0, 0.05) is 22.3 Å². The molecule has 0 radical (unpaired) electrons. The Morgan fingerprint density at radius 1 is 0.518 bits per heavy atom. The van der Waals surface area contributed by atoms with Crippen molar-refractivity contribution in [1.29, 1.82) is 0 Å². The van der Waals surface area contributed by atoms with Crippen LogP contribution in [0.3, 0.4) is 0 Å². The summed E-state index contributed by atoms with van der Waals surface area (Å²) < 4.78 is 0. The van der Waals surface area contributed by atoms with Crippen molar-refractivity contribution in [3.63, 3.8) is 0 Å². The van der Waals surface area contributed by atoms with Gasteiger partial charge < -0.3 is 20.4 Å². The van der Waals surface area contributed by atoms with Crippen LogP contribution in [-0.2, 0) is 0 Å². The minimum Gasteiger partial charge on any atom is -0.478 e. The second-order valence-corrected chi connectivity index (χ2v) is 14.5. The Bertz CT molecular complexity index is 2290. The molecule has 0 spiro atoms. The van der Waals surface area contributed by atoms with Crippen molar-refractivity contribution in [2.45, 2.75) is 90.3 Å². The lowest BCUT2D eigenvalue weighted by molar-refractivity contribution is 0.0686. The van der Waals surface area contributed by atoms with Crippen molar-refractivity contribution in [3.8, 4) is 0 Å². The van der Waals surface area contributed by atoms with Crippen LogP contribution in [0.25, 0.3) is 11.1 Å². The molecule has 5 heterocycles. The van der Waals surface area contributed by atoms with E-state index in [4.69, 9.17) is 20.0 Å². The van der Waals surface area contributed by atoms with Crippen molar-refractivity contribution < 1.29 is 30.0 Å². The van der Waals surface area contributed by atoms with Crippen molar-refractivity contribution >= 4 is 45.9 Å². The van der Waals surface area contributed by atoms with Crippen molar-refractivity contribution in [2.24, 2.45) is 20.0 Å². The van der Waals surface area contributed by atoms with Crippen LogP contribution in [0.5, 0.6) is 0 Å². The average molecular weight is 751 g/mol. The van der Waals surface area contributed by atoms with Gasteiger partial charge in [0.1, 0.15) is 12.2 Å². The number of aliphatic hydroxyl groups is 2. The predicted molar refractivity (Wildman–Crippen MR) is 221 cm³/mol. The van der Waals surface area contributed by atoms with E-state index in [1.165, 1.54) is 12.1 Å². The van der Waals surface area contributed by atoms with Gasteiger partial charge in [-0.05, 0) is 97.5 Å². The van der Waals surface area contributed by atoms with Crippen LogP contribution in [0.15, 0.2) is 139 Å². The second-order valence-electron chi connectivity index (χ2n) is 14.5. The van der Waals surface area contributed by atoms with Gasteiger partial charge in [-0.1, -0.05) is 76.6 Å². The van der Waals surface area contributed by atoms with E-state index in [0.717, 1.165) is 80.3 Å². The lowest BCUT2D eigenvalue weighted by atomic mass is 9.93. The van der Waals surface area contributed by atoms with E-state index >= 15 is 0 Å². The number of hydrogen-bond acceptors (Lipinski definition) is 8. The van der Waals surface area contributed by atoms with Crippen LogP contribution in [-0.4, -0.2) is 67.4 Å². The van der Waals surface area contributed by atoms with E-state index in [9.17, 15) is 30.0 Å². The highest BCUT2D eigenvalue weighted by Crippen LogP contribution is 2.39. The molecule has 4 N–H and O–H groups in total. The quantitative estimate of drug-likeness (QED) is 0.141. The molecule has 0 amide bonds. The van der Waals surface area contributed by atoms with Crippen LogP contribution in [0, 0.1) is 0 Å². The van der Waals surface area contributed by atoms with E-state index in [1.807, 2.05) is 36.5 Å². The lowest BCUT2D eigenvalue weighted by Gasteiger charge is -2.16. The minimum atomic E-state index is -1.40. The van der Waals surface area contributed by atoms with Gasteiger partial charge in [-0.25, -0.2) is 24.6 Å². The number of allylic oxidation sites excluding steroid dienone is 9. The van der Waals surface area contributed by atoms with Crippen molar-refractivity contribution in [1.82, 2.24) is 0 Å². The summed E-state index contributed by atoms with van der Waals surface area (Å²) in [6.07, 6.45) is 18.5. The third-order valence-corrected chi connectivity index (χ3v) is 10.7. The van der Waals surface area contributed by atoms with Gasteiger partial charge in [-0.2, -0.15) is 0 Å². The zero-order valence-electron chi connectivity index (χ0n) is 31.7. The topological polar surface area (TPSA) is 164 Å². The Morgan fingerprint density at radius 3 is 1.55 bits per heavy atom. The SMILES string of the molecule is CCCCCCC1=C2C=CC(=N2)C(CCCCCC)=C2N=C(C(c3ccc(C(=O)O)cc3)=C3C=CC(=N3)C(c3ccc(C(=O)O)cc3)=C3C=CC1=N3)C(O)C2O. The van der Waals surface area contributed by atoms with Gasteiger partial charge >= 0.3 is 11.9 Å². The molecule has 0 aromatic heterocycles. The van der Waals surface area contributed by atoms with Crippen LogP contribution in [0.4, 0.5) is 0 Å². The molecule has 10 heteroatoms. The minimum absolute atomic E-state index is 0.0979. The molecule has 5 aliphatic rings. The maximum atomic E-state index is 11.8. The van der Waals surface area contributed by atoms with Gasteiger partial charge in [0.05, 0.1) is 56.8 Å². The molecule has 0 fully saturated rings. The monoisotopic (exact) mass is 750 g/mol. The van der Waals surface area contributed by atoms with Crippen LogP contribution < -0.4 is 0 Å². The molecule has 7 rings (SSSR count). The number of aliphatic hydroxyl groups excluding tert-OH is 2. The summed E-state index contributed by atoms with van der Waals surface area (Å²) in [5, 5.41) is 43.0. The van der Waals surface area contributed by atoms with Crippen molar-refractivity contribution in [3.05, 3.63) is 141 Å². The van der Waals surface area contributed by atoms with Crippen LogP contribution in [0.2, 0.25) is 0 Å². The smallest absolute Gasteiger partial charge is 0.335 e. The maximum absolute atomic E-state index is 11.8. The number of fused-ring (bicyclic) bond motifs is 4. The molecule has 2 aromatic carbocycles. The molecule has 56 heavy (non-hydrogen) atoms.